The highest BCUT2D eigenvalue weighted by Crippen LogP contribution is 2.17. The lowest BCUT2D eigenvalue weighted by molar-refractivity contribution is 0.0467. The van der Waals surface area contributed by atoms with Crippen molar-refractivity contribution in [1.82, 2.24) is 14.8 Å². The maximum Gasteiger partial charge on any atom is 0.355 e. The maximum atomic E-state index is 12.0. The minimum absolute atomic E-state index is 0.115. The summed E-state index contributed by atoms with van der Waals surface area (Å²) in [5, 5.41) is 2.69. The Labute approximate surface area is 117 Å². The molecule has 20 heavy (non-hydrogen) atoms. The molecule has 0 unspecified atom stereocenters. The number of amides is 2. The Kier molecular flexibility index (Phi) is 4.16. The average Bonchev–Trinajstić information content (AvgIpc) is 2.96. The standard InChI is InChI=1S/C13H20N4O3/c1-9(2)17-8-10(14)7-11(17)12(18)20-6-5-16-4-3-15-13(16)19/h7-9H,3-6,14H2,1-2H3,(H,15,19). The van der Waals surface area contributed by atoms with Gasteiger partial charge in [0, 0.05) is 25.3 Å². The molecule has 0 aromatic carbocycles. The topological polar surface area (TPSA) is 89.6 Å². The molecular weight excluding hydrogens is 260 g/mol. The van der Waals surface area contributed by atoms with Gasteiger partial charge in [0.05, 0.1) is 12.2 Å². The highest BCUT2D eigenvalue weighted by molar-refractivity contribution is 5.89. The van der Waals surface area contributed by atoms with E-state index in [1.165, 1.54) is 0 Å². The van der Waals surface area contributed by atoms with Gasteiger partial charge in [0.1, 0.15) is 12.3 Å². The minimum Gasteiger partial charge on any atom is -0.459 e. The monoisotopic (exact) mass is 280 g/mol. The lowest BCUT2D eigenvalue weighted by Crippen LogP contribution is -2.31. The fourth-order valence-electron chi connectivity index (χ4n) is 2.14. The number of carbonyl (C=O) groups is 2. The first-order valence-electron chi connectivity index (χ1n) is 6.66. The lowest BCUT2D eigenvalue weighted by Gasteiger charge is -2.15. The number of ether oxygens (including phenoxy) is 1. The smallest absolute Gasteiger partial charge is 0.355 e. The van der Waals surface area contributed by atoms with Gasteiger partial charge in [0.15, 0.2) is 0 Å². The van der Waals surface area contributed by atoms with Crippen LogP contribution < -0.4 is 11.1 Å². The Bertz CT molecular complexity index is 510. The molecule has 0 aliphatic carbocycles. The zero-order valence-corrected chi connectivity index (χ0v) is 11.8. The molecule has 0 saturated carbocycles. The number of hydrogen-bond acceptors (Lipinski definition) is 4. The van der Waals surface area contributed by atoms with Crippen molar-refractivity contribution < 1.29 is 14.3 Å². The Hall–Kier alpha value is -2.18. The van der Waals surface area contributed by atoms with Crippen molar-refractivity contribution in [1.29, 1.82) is 0 Å². The molecule has 3 N–H and O–H groups in total. The Morgan fingerprint density at radius 2 is 2.30 bits per heavy atom. The van der Waals surface area contributed by atoms with Crippen LogP contribution >= 0.6 is 0 Å². The third kappa shape index (κ3) is 3.04. The lowest BCUT2D eigenvalue weighted by atomic mass is 10.3. The van der Waals surface area contributed by atoms with Gasteiger partial charge in [-0.2, -0.15) is 0 Å². The van der Waals surface area contributed by atoms with E-state index < -0.39 is 5.97 Å². The summed E-state index contributed by atoms with van der Waals surface area (Å²) in [6.45, 7) is 5.78. The van der Waals surface area contributed by atoms with Crippen LogP contribution in [0.1, 0.15) is 30.4 Å². The molecule has 1 fully saturated rings. The van der Waals surface area contributed by atoms with E-state index in [0.29, 0.717) is 31.0 Å². The first-order valence-corrected chi connectivity index (χ1v) is 6.66. The van der Waals surface area contributed by atoms with Crippen LogP contribution in [0.25, 0.3) is 0 Å². The average molecular weight is 280 g/mol. The molecule has 7 heteroatoms. The summed E-state index contributed by atoms with van der Waals surface area (Å²) in [5.74, 6) is -0.421. The van der Waals surface area contributed by atoms with Crippen molar-refractivity contribution in [3.63, 3.8) is 0 Å². The zero-order chi connectivity index (χ0) is 14.7. The number of hydrogen-bond donors (Lipinski definition) is 2. The van der Waals surface area contributed by atoms with E-state index in [1.54, 1.807) is 21.7 Å². The van der Waals surface area contributed by atoms with Crippen molar-refractivity contribution >= 4 is 17.7 Å². The van der Waals surface area contributed by atoms with Crippen LogP contribution in [0.15, 0.2) is 12.3 Å². The van der Waals surface area contributed by atoms with Crippen molar-refractivity contribution in [3.05, 3.63) is 18.0 Å². The molecule has 0 radical (unpaired) electrons. The molecule has 7 nitrogen and oxygen atoms in total. The van der Waals surface area contributed by atoms with E-state index in [2.05, 4.69) is 5.32 Å². The Morgan fingerprint density at radius 3 is 2.90 bits per heavy atom. The number of nitrogens with zero attached hydrogens (tertiary/aromatic N) is 2. The molecule has 1 saturated heterocycles. The molecule has 0 atom stereocenters. The minimum atomic E-state index is -0.421. The number of rotatable bonds is 5. The summed E-state index contributed by atoms with van der Waals surface area (Å²) in [6.07, 6.45) is 1.72. The van der Waals surface area contributed by atoms with Gasteiger partial charge in [0.2, 0.25) is 0 Å². The van der Waals surface area contributed by atoms with Crippen molar-refractivity contribution in [2.24, 2.45) is 0 Å². The number of anilines is 1. The quantitative estimate of drug-likeness (QED) is 0.782. The van der Waals surface area contributed by atoms with Gasteiger partial charge < -0.3 is 25.3 Å². The van der Waals surface area contributed by atoms with E-state index in [4.69, 9.17) is 10.5 Å². The third-order valence-electron chi connectivity index (χ3n) is 3.17. The van der Waals surface area contributed by atoms with E-state index in [1.807, 2.05) is 13.8 Å². The van der Waals surface area contributed by atoms with E-state index in [0.717, 1.165) is 0 Å². The van der Waals surface area contributed by atoms with Gasteiger partial charge in [-0.05, 0) is 19.9 Å². The fraction of sp³-hybridized carbons (Fsp3) is 0.538. The molecule has 0 bridgehead atoms. The molecule has 2 amide bonds. The van der Waals surface area contributed by atoms with Gasteiger partial charge in [0.25, 0.3) is 0 Å². The second-order valence-electron chi connectivity index (χ2n) is 5.01. The SMILES string of the molecule is CC(C)n1cc(N)cc1C(=O)OCCN1CCNC1=O. The number of nitrogens with one attached hydrogen (secondary N) is 1. The number of esters is 1. The molecule has 2 rings (SSSR count). The summed E-state index contributed by atoms with van der Waals surface area (Å²) < 4.78 is 6.98. The third-order valence-corrected chi connectivity index (χ3v) is 3.17. The number of carbonyl (C=O) groups excluding carboxylic acids is 2. The van der Waals surface area contributed by atoms with Crippen molar-refractivity contribution in [3.8, 4) is 0 Å². The van der Waals surface area contributed by atoms with Gasteiger partial charge in [-0.3, -0.25) is 0 Å². The Balaban J connectivity index is 1.90. The highest BCUT2D eigenvalue weighted by Gasteiger charge is 2.20. The summed E-state index contributed by atoms with van der Waals surface area (Å²) in [6, 6.07) is 1.61. The first kappa shape index (κ1) is 14.2. The van der Waals surface area contributed by atoms with Crippen LogP contribution in [-0.4, -0.2) is 47.7 Å². The maximum absolute atomic E-state index is 12.0. The molecule has 110 valence electrons. The second kappa shape index (κ2) is 5.85. The molecule has 1 aliphatic heterocycles. The molecular formula is C13H20N4O3. The highest BCUT2D eigenvalue weighted by atomic mass is 16.5. The van der Waals surface area contributed by atoms with Gasteiger partial charge in [-0.1, -0.05) is 0 Å². The van der Waals surface area contributed by atoms with Crippen molar-refractivity contribution in [2.45, 2.75) is 19.9 Å². The zero-order valence-electron chi connectivity index (χ0n) is 11.8. The molecule has 1 aromatic rings. The van der Waals surface area contributed by atoms with E-state index in [9.17, 15) is 9.59 Å². The molecule has 1 aromatic heterocycles. The summed E-state index contributed by atoms with van der Waals surface area (Å²) >= 11 is 0. The summed E-state index contributed by atoms with van der Waals surface area (Å²) in [4.78, 5) is 25.0. The van der Waals surface area contributed by atoms with Gasteiger partial charge in [-0.25, -0.2) is 9.59 Å². The number of nitrogens with two attached hydrogens (primary N) is 1. The van der Waals surface area contributed by atoms with Crippen LogP contribution in [0.2, 0.25) is 0 Å². The molecule has 1 aliphatic rings. The predicted octanol–water partition coefficient (Wildman–Crippen LogP) is 0.833. The second-order valence-corrected chi connectivity index (χ2v) is 5.01. The van der Waals surface area contributed by atoms with Crippen molar-refractivity contribution in [2.75, 3.05) is 32.0 Å². The fourth-order valence-corrected chi connectivity index (χ4v) is 2.14. The normalized spacial score (nSPS) is 14.8. The number of aromatic nitrogens is 1. The molecule has 2 heterocycles. The largest absolute Gasteiger partial charge is 0.459 e. The van der Waals surface area contributed by atoms with Crippen LogP contribution in [0.4, 0.5) is 10.5 Å². The van der Waals surface area contributed by atoms with Crippen LogP contribution in [-0.2, 0) is 4.74 Å². The van der Waals surface area contributed by atoms with Gasteiger partial charge >= 0.3 is 12.0 Å². The number of nitrogen functional groups attached to an aromatic ring is 1. The van der Waals surface area contributed by atoms with Crippen LogP contribution in [0, 0.1) is 0 Å². The predicted molar refractivity (Wildman–Crippen MR) is 74.5 cm³/mol. The van der Waals surface area contributed by atoms with Gasteiger partial charge in [-0.15, -0.1) is 0 Å². The summed E-state index contributed by atoms with van der Waals surface area (Å²) in [5.41, 5.74) is 6.68. The van der Waals surface area contributed by atoms with E-state index in [-0.39, 0.29) is 18.7 Å². The molecule has 0 spiro atoms. The first-order chi connectivity index (χ1) is 9.49. The van der Waals surface area contributed by atoms with Crippen LogP contribution in [0.5, 0.6) is 0 Å². The Morgan fingerprint density at radius 1 is 1.55 bits per heavy atom. The summed E-state index contributed by atoms with van der Waals surface area (Å²) in [7, 11) is 0. The number of urea groups is 1. The van der Waals surface area contributed by atoms with Crippen LogP contribution in [0.3, 0.4) is 0 Å². The van der Waals surface area contributed by atoms with E-state index >= 15 is 0 Å².